The number of nitrogens with two attached hydrogens (primary N) is 2. The van der Waals surface area contributed by atoms with Gasteiger partial charge in [0.25, 0.3) is 0 Å². The Morgan fingerprint density at radius 2 is 2.10 bits per heavy atom. The standard InChI is InChI=1S/C15H15ClN4/c16-15(5-3-11(17)4-6-15)8-10-1-2-12-13(7-10)19-9-20-14(12)18/h1-5,7,9H,6,8,17H2,(H2,18,19,20). The van der Waals surface area contributed by atoms with Crippen LogP contribution in [-0.2, 0) is 6.42 Å². The maximum Gasteiger partial charge on any atom is 0.134 e. The average molecular weight is 287 g/mol. The molecular weight excluding hydrogens is 272 g/mol. The molecule has 0 saturated carbocycles. The first-order valence-electron chi connectivity index (χ1n) is 6.39. The highest BCUT2D eigenvalue weighted by Gasteiger charge is 2.25. The topological polar surface area (TPSA) is 77.8 Å². The Labute approximate surface area is 122 Å². The SMILES string of the molecule is NC1=CCC(Cl)(Cc2ccc3c(N)ncnc3c2)C=C1. The molecule has 1 unspecified atom stereocenters. The van der Waals surface area contributed by atoms with Gasteiger partial charge in [0.05, 0.1) is 10.4 Å². The van der Waals surface area contributed by atoms with E-state index in [1.54, 1.807) is 0 Å². The fourth-order valence-electron chi connectivity index (χ4n) is 2.37. The smallest absolute Gasteiger partial charge is 0.134 e. The first kappa shape index (κ1) is 12.9. The zero-order valence-electron chi connectivity index (χ0n) is 10.9. The van der Waals surface area contributed by atoms with Gasteiger partial charge in [0, 0.05) is 11.1 Å². The Bertz CT molecular complexity index is 723. The second kappa shape index (κ2) is 4.80. The summed E-state index contributed by atoms with van der Waals surface area (Å²) in [6.45, 7) is 0. The summed E-state index contributed by atoms with van der Waals surface area (Å²) in [6.07, 6.45) is 8.69. The van der Waals surface area contributed by atoms with Crippen LogP contribution in [0, 0.1) is 0 Å². The molecule has 20 heavy (non-hydrogen) atoms. The summed E-state index contributed by atoms with van der Waals surface area (Å²) in [5.74, 6) is 0.496. The molecule has 0 amide bonds. The third-order valence-corrected chi connectivity index (χ3v) is 3.90. The van der Waals surface area contributed by atoms with E-state index in [0.717, 1.165) is 28.6 Å². The van der Waals surface area contributed by atoms with Crippen LogP contribution in [0.2, 0.25) is 0 Å². The molecule has 0 radical (unpaired) electrons. The van der Waals surface area contributed by atoms with Crippen molar-refractivity contribution in [3.8, 4) is 0 Å². The number of anilines is 1. The first-order chi connectivity index (χ1) is 9.56. The number of fused-ring (bicyclic) bond motifs is 1. The Hall–Kier alpha value is -2.07. The van der Waals surface area contributed by atoms with Crippen molar-refractivity contribution in [3.05, 3.63) is 54.0 Å². The van der Waals surface area contributed by atoms with E-state index in [9.17, 15) is 0 Å². The van der Waals surface area contributed by atoms with Gasteiger partial charge in [-0.25, -0.2) is 9.97 Å². The lowest BCUT2D eigenvalue weighted by Gasteiger charge is -2.25. The van der Waals surface area contributed by atoms with Gasteiger partial charge in [0.15, 0.2) is 0 Å². The van der Waals surface area contributed by atoms with Gasteiger partial charge in [-0.05, 0) is 36.6 Å². The molecule has 0 fully saturated rings. The van der Waals surface area contributed by atoms with Gasteiger partial charge in [-0.15, -0.1) is 11.6 Å². The number of hydrogen-bond donors (Lipinski definition) is 2. The third kappa shape index (κ3) is 2.47. The molecule has 1 aliphatic rings. The molecule has 3 rings (SSSR count). The van der Waals surface area contributed by atoms with Crippen LogP contribution in [0.15, 0.2) is 48.5 Å². The molecule has 4 nitrogen and oxygen atoms in total. The number of aromatic nitrogens is 2. The number of hydrogen-bond acceptors (Lipinski definition) is 4. The van der Waals surface area contributed by atoms with Crippen LogP contribution in [0.5, 0.6) is 0 Å². The fraction of sp³-hybridized carbons (Fsp3) is 0.200. The quantitative estimate of drug-likeness (QED) is 0.832. The molecule has 5 heteroatoms. The van der Waals surface area contributed by atoms with Crippen molar-refractivity contribution < 1.29 is 0 Å². The zero-order valence-corrected chi connectivity index (χ0v) is 11.6. The van der Waals surface area contributed by atoms with Gasteiger partial charge in [-0.1, -0.05) is 18.2 Å². The van der Waals surface area contributed by atoms with Crippen LogP contribution in [0.1, 0.15) is 12.0 Å². The van der Waals surface area contributed by atoms with Crippen molar-refractivity contribution in [2.45, 2.75) is 17.7 Å². The Kier molecular flexibility index (Phi) is 3.10. The molecule has 0 bridgehead atoms. The number of nitrogens with zero attached hydrogens (tertiary/aromatic N) is 2. The predicted octanol–water partition coefficient (Wildman–Crippen LogP) is 2.53. The molecule has 4 N–H and O–H groups in total. The van der Waals surface area contributed by atoms with Crippen molar-refractivity contribution >= 4 is 28.3 Å². The van der Waals surface area contributed by atoms with E-state index in [1.165, 1.54) is 6.33 Å². The lowest BCUT2D eigenvalue weighted by Crippen LogP contribution is -2.24. The van der Waals surface area contributed by atoms with Gasteiger partial charge in [0.1, 0.15) is 12.1 Å². The average Bonchev–Trinajstić information content (AvgIpc) is 2.43. The van der Waals surface area contributed by atoms with E-state index in [1.807, 2.05) is 36.4 Å². The van der Waals surface area contributed by atoms with Crippen molar-refractivity contribution in [1.82, 2.24) is 9.97 Å². The highest BCUT2D eigenvalue weighted by molar-refractivity contribution is 6.25. The molecular formula is C15H15ClN4. The Morgan fingerprint density at radius 3 is 2.85 bits per heavy atom. The molecule has 102 valence electrons. The highest BCUT2D eigenvalue weighted by atomic mass is 35.5. The molecule has 1 aliphatic carbocycles. The third-order valence-electron chi connectivity index (χ3n) is 3.48. The largest absolute Gasteiger partial charge is 0.399 e. The number of allylic oxidation sites excluding steroid dienone is 3. The summed E-state index contributed by atoms with van der Waals surface area (Å²) in [6, 6.07) is 5.96. The molecule has 1 heterocycles. The molecule has 1 atom stereocenters. The van der Waals surface area contributed by atoms with E-state index >= 15 is 0 Å². The summed E-state index contributed by atoms with van der Waals surface area (Å²) in [4.78, 5) is 7.81. The molecule has 1 aromatic carbocycles. The minimum atomic E-state index is -0.422. The van der Waals surface area contributed by atoms with Gasteiger partial charge in [0.2, 0.25) is 0 Å². The number of halogens is 1. The number of rotatable bonds is 2. The Morgan fingerprint density at radius 1 is 1.25 bits per heavy atom. The van der Waals surface area contributed by atoms with E-state index in [2.05, 4.69) is 9.97 Å². The summed E-state index contributed by atoms with van der Waals surface area (Å²) >= 11 is 6.61. The van der Waals surface area contributed by atoms with Gasteiger partial charge >= 0.3 is 0 Å². The number of alkyl halides is 1. The van der Waals surface area contributed by atoms with Crippen LogP contribution in [-0.4, -0.2) is 14.8 Å². The second-order valence-corrected chi connectivity index (χ2v) is 5.82. The summed E-state index contributed by atoms with van der Waals surface area (Å²) in [5, 5.41) is 0.864. The van der Waals surface area contributed by atoms with Crippen LogP contribution < -0.4 is 11.5 Å². The van der Waals surface area contributed by atoms with Crippen LogP contribution >= 0.6 is 11.6 Å². The van der Waals surface area contributed by atoms with Crippen LogP contribution in [0.25, 0.3) is 10.9 Å². The first-order valence-corrected chi connectivity index (χ1v) is 6.76. The minimum Gasteiger partial charge on any atom is -0.399 e. The van der Waals surface area contributed by atoms with Gasteiger partial charge in [-0.3, -0.25) is 0 Å². The van der Waals surface area contributed by atoms with Crippen molar-refractivity contribution in [2.75, 3.05) is 5.73 Å². The summed E-state index contributed by atoms with van der Waals surface area (Å²) in [7, 11) is 0. The molecule has 0 saturated heterocycles. The lowest BCUT2D eigenvalue weighted by molar-refractivity contribution is 0.692. The summed E-state index contributed by atoms with van der Waals surface area (Å²) < 4.78 is 0. The lowest BCUT2D eigenvalue weighted by atomic mass is 9.91. The maximum atomic E-state index is 6.61. The highest BCUT2D eigenvalue weighted by Crippen LogP contribution is 2.31. The Balaban J connectivity index is 1.90. The van der Waals surface area contributed by atoms with E-state index < -0.39 is 4.87 Å². The minimum absolute atomic E-state index is 0.422. The van der Waals surface area contributed by atoms with Gasteiger partial charge in [-0.2, -0.15) is 0 Å². The fourth-order valence-corrected chi connectivity index (χ4v) is 2.67. The number of benzene rings is 1. The molecule has 2 aromatic rings. The second-order valence-electron chi connectivity index (χ2n) is 5.06. The van der Waals surface area contributed by atoms with Gasteiger partial charge < -0.3 is 11.5 Å². The van der Waals surface area contributed by atoms with Crippen molar-refractivity contribution in [3.63, 3.8) is 0 Å². The molecule has 0 aliphatic heterocycles. The molecule has 1 aromatic heterocycles. The monoisotopic (exact) mass is 286 g/mol. The van der Waals surface area contributed by atoms with E-state index in [-0.39, 0.29) is 0 Å². The number of nitrogen functional groups attached to an aromatic ring is 1. The predicted molar refractivity (Wildman–Crippen MR) is 82.3 cm³/mol. The zero-order chi connectivity index (χ0) is 14.2. The summed E-state index contributed by atoms with van der Waals surface area (Å²) in [5.41, 5.74) is 14.3. The maximum absolute atomic E-state index is 6.61. The van der Waals surface area contributed by atoms with E-state index in [4.69, 9.17) is 23.1 Å². The van der Waals surface area contributed by atoms with Crippen LogP contribution in [0.3, 0.4) is 0 Å². The molecule has 0 spiro atoms. The van der Waals surface area contributed by atoms with E-state index in [0.29, 0.717) is 12.2 Å². The van der Waals surface area contributed by atoms with Crippen LogP contribution in [0.4, 0.5) is 5.82 Å². The van der Waals surface area contributed by atoms with Crippen molar-refractivity contribution in [1.29, 1.82) is 0 Å². The normalized spacial score (nSPS) is 21.9. The van der Waals surface area contributed by atoms with Crippen molar-refractivity contribution in [2.24, 2.45) is 5.73 Å².